The van der Waals surface area contributed by atoms with Gasteiger partial charge >= 0.3 is 0 Å². The normalized spacial score (nSPS) is 20.9. The summed E-state index contributed by atoms with van der Waals surface area (Å²) in [7, 11) is 2.07. The van der Waals surface area contributed by atoms with Crippen LogP contribution in [0.5, 0.6) is 5.75 Å². The van der Waals surface area contributed by atoms with E-state index in [1.807, 2.05) is 19.9 Å². The van der Waals surface area contributed by atoms with E-state index < -0.39 is 10.0 Å². The fourth-order valence-electron chi connectivity index (χ4n) is 7.13. The number of aryl methyl sites for hydroxylation is 1. The molecule has 0 radical (unpaired) electrons. The molecule has 1 aliphatic heterocycles. The Labute approximate surface area is 263 Å². The van der Waals surface area contributed by atoms with Gasteiger partial charge in [0, 0.05) is 25.7 Å². The minimum absolute atomic E-state index is 0.0157. The van der Waals surface area contributed by atoms with Gasteiger partial charge in [-0.15, -0.1) is 0 Å². The minimum Gasteiger partial charge on any atom is -0.496 e. The maximum atomic E-state index is 13.9. The maximum Gasteiger partial charge on any atom is 0.246 e. The molecule has 44 heavy (non-hydrogen) atoms. The Kier molecular flexibility index (Phi) is 11.8. The average molecular weight is 632 g/mol. The van der Waals surface area contributed by atoms with E-state index >= 15 is 0 Å². The van der Waals surface area contributed by atoms with E-state index in [0.29, 0.717) is 66.1 Å². The van der Waals surface area contributed by atoms with Gasteiger partial charge in [0.05, 0.1) is 18.1 Å². The molecule has 1 saturated heterocycles. The first-order valence-corrected chi connectivity index (χ1v) is 17.3. The number of nitrogens with one attached hydrogen (secondary N) is 1. The first kappa shape index (κ1) is 34.3. The lowest BCUT2D eigenvalue weighted by Crippen LogP contribution is -2.42. The van der Waals surface area contributed by atoms with Crippen LogP contribution in [0.2, 0.25) is 0 Å². The first-order chi connectivity index (χ1) is 20.9. The number of ether oxygens (including phenoxy) is 2. The van der Waals surface area contributed by atoms with Gasteiger partial charge in [-0.05, 0) is 119 Å². The molecule has 1 heterocycles. The molecular weight excluding hydrogens is 581 g/mol. The van der Waals surface area contributed by atoms with E-state index in [4.69, 9.17) is 9.47 Å². The number of carbonyl (C=O) groups is 1. The van der Waals surface area contributed by atoms with Crippen molar-refractivity contribution in [3.63, 3.8) is 0 Å². The Balaban J connectivity index is 1.16. The summed E-state index contributed by atoms with van der Waals surface area (Å²) in [5.74, 6) is 1.42. The third-order valence-electron chi connectivity index (χ3n) is 9.61. The Morgan fingerprint density at radius 3 is 2.34 bits per heavy atom. The number of halogens is 1. The summed E-state index contributed by atoms with van der Waals surface area (Å²) in [6, 6.07) is 8.95. The highest BCUT2D eigenvalue weighted by Gasteiger charge is 2.33. The number of rotatable bonds is 12. The predicted molar refractivity (Wildman–Crippen MR) is 171 cm³/mol. The van der Waals surface area contributed by atoms with Crippen LogP contribution in [0, 0.1) is 38.4 Å². The number of sulfonamides is 1. The second-order valence-corrected chi connectivity index (χ2v) is 14.6. The van der Waals surface area contributed by atoms with E-state index in [0.717, 1.165) is 43.2 Å². The van der Waals surface area contributed by atoms with Crippen molar-refractivity contribution in [1.29, 1.82) is 0 Å². The predicted octanol–water partition coefficient (Wildman–Crippen LogP) is 5.54. The molecule has 1 unspecified atom stereocenters. The lowest BCUT2D eigenvalue weighted by atomic mass is 9.75. The number of carbonyl (C=O) groups excluding carboxylic acids is 1. The monoisotopic (exact) mass is 631 g/mol. The summed E-state index contributed by atoms with van der Waals surface area (Å²) in [6.45, 7) is 6.82. The summed E-state index contributed by atoms with van der Waals surface area (Å²) in [6.07, 6.45) is 6.27. The van der Waals surface area contributed by atoms with Crippen LogP contribution in [-0.4, -0.2) is 77.1 Å². The van der Waals surface area contributed by atoms with Crippen LogP contribution in [0.1, 0.15) is 73.2 Å². The van der Waals surface area contributed by atoms with E-state index in [2.05, 4.69) is 24.3 Å². The SMILES string of the molecule is COc1cc(C)c(S(=O)(=O)N2CCC(OCC(=O)NCCC3CCC(C(c4cccc(F)c4)N(C)C)CC3)CC2)c(C)c1C. The van der Waals surface area contributed by atoms with Crippen LogP contribution in [-0.2, 0) is 19.6 Å². The molecule has 1 atom stereocenters. The molecule has 244 valence electrons. The van der Waals surface area contributed by atoms with Crippen LogP contribution in [0.25, 0.3) is 0 Å². The highest BCUT2D eigenvalue weighted by Crippen LogP contribution is 2.40. The van der Waals surface area contributed by atoms with Crippen molar-refractivity contribution in [1.82, 2.24) is 14.5 Å². The number of piperidine rings is 1. The topological polar surface area (TPSA) is 88.2 Å². The van der Waals surface area contributed by atoms with E-state index in [1.54, 1.807) is 32.2 Å². The van der Waals surface area contributed by atoms with E-state index in [1.165, 1.54) is 10.4 Å². The van der Waals surface area contributed by atoms with Gasteiger partial charge in [0.2, 0.25) is 15.9 Å². The van der Waals surface area contributed by atoms with Gasteiger partial charge in [-0.3, -0.25) is 4.79 Å². The van der Waals surface area contributed by atoms with Gasteiger partial charge in [-0.2, -0.15) is 4.31 Å². The standard InChI is InChI=1S/C34H50FN3O5S/c1-23-20-31(42-6)24(2)25(3)34(23)44(40,41)38-18-15-30(16-19-38)43-22-32(39)36-17-14-26-10-12-27(13-11-26)33(37(4)5)28-8-7-9-29(35)21-28/h7-9,20-21,26-27,30,33H,10-19,22H2,1-6H3,(H,36,39). The van der Waals surface area contributed by atoms with Crippen molar-refractivity contribution >= 4 is 15.9 Å². The fraction of sp³-hybridized carbons (Fsp3) is 0.618. The average Bonchev–Trinajstić information content (AvgIpc) is 2.99. The summed E-state index contributed by atoms with van der Waals surface area (Å²) in [5, 5.41) is 3.01. The number of hydrogen-bond acceptors (Lipinski definition) is 6. The van der Waals surface area contributed by atoms with Crippen molar-refractivity contribution in [2.45, 2.75) is 82.8 Å². The highest BCUT2D eigenvalue weighted by molar-refractivity contribution is 7.89. The van der Waals surface area contributed by atoms with Crippen LogP contribution in [0.15, 0.2) is 35.2 Å². The number of methoxy groups -OCH3 is 1. The van der Waals surface area contributed by atoms with Gasteiger partial charge in [0.15, 0.2) is 0 Å². The summed E-state index contributed by atoms with van der Waals surface area (Å²) >= 11 is 0. The molecule has 2 fully saturated rings. The summed E-state index contributed by atoms with van der Waals surface area (Å²) in [4.78, 5) is 15.1. The number of hydrogen-bond donors (Lipinski definition) is 1. The van der Waals surface area contributed by atoms with Gasteiger partial charge in [0.1, 0.15) is 18.2 Å². The molecule has 8 nitrogen and oxygen atoms in total. The minimum atomic E-state index is -3.65. The molecule has 1 N–H and O–H groups in total. The summed E-state index contributed by atoms with van der Waals surface area (Å²) < 4.78 is 53.7. The lowest BCUT2D eigenvalue weighted by Gasteiger charge is -2.37. The smallest absolute Gasteiger partial charge is 0.246 e. The molecule has 0 spiro atoms. The molecular formula is C34H50FN3O5S. The Bertz CT molecular complexity index is 1380. The second kappa shape index (κ2) is 15.2. The van der Waals surface area contributed by atoms with Gasteiger partial charge in [0.25, 0.3) is 0 Å². The second-order valence-electron chi connectivity index (χ2n) is 12.8. The van der Waals surface area contributed by atoms with Gasteiger partial charge in [-0.25, -0.2) is 12.8 Å². The third-order valence-corrected chi connectivity index (χ3v) is 11.8. The van der Waals surface area contributed by atoms with E-state index in [9.17, 15) is 17.6 Å². The first-order valence-electron chi connectivity index (χ1n) is 15.9. The molecule has 0 aromatic heterocycles. The zero-order chi connectivity index (χ0) is 32.0. The van der Waals surface area contributed by atoms with Gasteiger partial charge in [-0.1, -0.05) is 25.0 Å². The van der Waals surface area contributed by atoms with Crippen molar-refractivity contribution in [3.05, 3.63) is 58.4 Å². The Morgan fingerprint density at radius 1 is 1.05 bits per heavy atom. The largest absolute Gasteiger partial charge is 0.496 e. The Morgan fingerprint density at radius 2 is 1.73 bits per heavy atom. The zero-order valence-corrected chi connectivity index (χ0v) is 28.0. The van der Waals surface area contributed by atoms with Crippen molar-refractivity contribution in [2.24, 2.45) is 11.8 Å². The molecule has 2 aliphatic rings. The third kappa shape index (κ3) is 8.19. The van der Waals surface area contributed by atoms with Crippen LogP contribution in [0.3, 0.4) is 0 Å². The number of nitrogens with zero attached hydrogens (tertiary/aromatic N) is 2. The van der Waals surface area contributed by atoms with Crippen LogP contribution < -0.4 is 10.1 Å². The van der Waals surface area contributed by atoms with Crippen molar-refractivity contribution in [2.75, 3.05) is 47.4 Å². The molecule has 1 saturated carbocycles. The van der Waals surface area contributed by atoms with Crippen LogP contribution in [0.4, 0.5) is 4.39 Å². The van der Waals surface area contributed by atoms with Crippen molar-refractivity contribution < 1.29 is 27.1 Å². The molecule has 0 bridgehead atoms. The number of amides is 1. The van der Waals surface area contributed by atoms with Crippen LogP contribution >= 0.6 is 0 Å². The molecule has 4 rings (SSSR count). The fourth-order valence-corrected chi connectivity index (χ4v) is 9.09. The maximum absolute atomic E-state index is 13.9. The molecule has 2 aromatic carbocycles. The molecule has 1 aliphatic carbocycles. The van der Waals surface area contributed by atoms with E-state index in [-0.39, 0.29) is 30.5 Å². The zero-order valence-electron chi connectivity index (χ0n) is 27.2. The molecule has 2 aromatic rings. The lowest BCUT2D eigenvalue weighted by molar-refractivity contribution is -0.128. The summed E-state index contributed by atoms with van der Waals surface area (Å²) in [5.41, 5.74) is 3.25. The highest BCUT2D eigenvalue weighted by atomic mass is 32.2. The van der Waals surface area contributed by atoms with Crippen molar-refractivity contribution in [3.8, 4) is 5.75 Å². The molecule has 10 heteroatoms. The number of benzene rings is 2. The van der Waals surface area contributed by atoms with Gasteiger partial charge < -0.3 is 19.7 Å². The Hall–Kier alpha value is -2.53. The quantitative estimate of drug-likeness (QED) is 0.331. The molecule has 1 amide bonds.